The Morgan fingerprint density at radius 3 is 2.62 bits per heavy atom. The maximum atomic E-state index is 12.3. The number of carbonyl (C=O) groups excluding carboxylic acids is 1. The molecule has 1 amide bonds. The van der Waals surface area contributed by atoms with E-state index in [0.717, 1.165) is 52.0 Å². The monoisotopic (exact) mass is 330 g/mol. The first-order valence-electron chi connectivity index (χ1n) is 9.47. The molecule has 1 aromatic carbocycles. The van der Waals surface area contributed by atoms with Gasteiger partial charge in [0.25, 0.3) is 0 Å². The highest BCUT2D eigenvalue weighted by Crippen LogP contribution is 2.20. The van der Waals surface area contributed by atoms with Crippen LogP contribution >= 0.6 is 0 Å². The van der Waals surface area contributed by atoms with E-state index in [1.165, 1.54) is 24.8 Å². The molecule has 1 aromatic rings. The second-order valence-corrected chi connectivity index (χ2v) is 7.09. The number of amides is 1. The molecule has 2 saturated heterocycles. The fourth-order valence-corrected chi connectivity index (χ4v) is 3.74. The van der Waals surface area contributed by atoms with Crippen LogP contribution in [0, 0.1) is 5.92 Å². The fraction of sp³-hybridized carbons (Fsp3) is 0.650. The number of likely N-dealkylation sites (tertiary alicyclic amines) is 1. The molecule has 2 aliphatic heterocycles. The van der Waals surface area contributed by atoms with Crippen LogP contribution in [0.25, 0.3) is 0 Å². The van der Waals surface area contributed by atoms with E-state index < -0.39 is 0 Å². The van der Waals surface area contributed by atoms with E-state index in [0.29, 0.717) is 6.10 Å². The van der Waals surface area contributed by atoms with Crippen molar-refractivity contribution in [1.29, 1.82) is 0 Å². The molecule has 0 aliphatic carbocycles. The molecule has 24 heavy (non-hydrogen) atoms. The Morgan fingerprint density at radius 1 is 1.12 bits per heavy atom. The normalized spacial score (nSPS) is 23.1. The third kappa shape index (κ3) is 5.32. The van der Waals surface area contributed by atoms with Gasteiger partial charge in [0.15, 0.2) is 0 Å². The Balaban J connectivity index is 1.32. The van der Waals surface area contributed by atoms with Gasteiger partial charge in [-0.3, -0.25) is 4.79 Å². The molecule has 0 spiro atoms. The first-order valence-corrected chi connectivity index (χ1v) is 9.47. The summed E-state index contributed by atoms with van der Waals surface area (Å²) in [6, 6.07) is 10.3. The highest BCUT2D eigenvalue weighted by Gasteiger charge is 2.26. The van der Waals surface area contributed by atoms with Gasteiger partial charge in [-0.15, -0.1) is 0 Å². The molecule has 2 heterocycles. The summed E-state index contributed by atoms with van der Waals surface area (Å²) in [4.78, 5) is 14.8. The molecule has 2 fully saturated rings. The summed E-state index contributed by atoms with van der Waals surface area (Å²) < 4.78 is 5.83. The molecule has 1 N–H and O–H groups in total. The van der Waals surface area contributed by atoms with Gasteiger partial charge in [0, 0.05) is 25.6 Å². The topological polar surface area (TPSA) is 41.6 Å². The van der Waals surface area contributed by atoms with Crippen LogP contribution in [0.2, 0.25) is 0 Å². The van der Waals surface area contributed by atoms with E-state index in [2.05, 4.69) is 22.3 Å². The fourth-order valence-electron chi connectivity index (χ4n) is 3.74. The van der Waals surface area contributed by atoms with Crippen molar-refractivity contribution in [2.45, 2.75) is 44.6 Å². The molecule has 0 bridgehead atoms. The molecule has 0 aromatic heterocycles. The van der Waals surface area contributed by atoms with Crippen molar-refractivity contribution >= 4 is 5.91 Å². The van der Waals surface area contributed by atoms with Gasteiger partial charge >= 0.3 is 0 Å². The summed E-state index contributed by atoms with van der Waals surface area (Å²) in [5.41, 5.74) is 1.28. The molecule has 0 saturated carbocycles. The number of benzene rings is 1. The Labute approximate surface area is 145 Å². The Kier molecular flexibility index (Phi) is 6.67. The van der Waals surface area contributed by atoms with E-state index in [1.807, 2.05) is 18.2 Å². The number of hydrogen-bond donors (Lipinski definition) is 1. The van der Waals surface area contributed by atoms with Crippen molar-refractivity contribution < 1.29 is 9.53 Å². The number of rotatable bonds is 6. The maximum Gasteiger partial charge on any atom is 0.223 e. The summed E-state index contributed by atoms with van der Waals surface area (Å²) in [6.07, 6.45) is 6.97. The van der Waals surface area contributed by atoms with Crippen molar-refractivity contribution in [3.8, 4) is 0 Å². The van der Waals surface area contributed by atoms with Crippen LogP contribution in [-0.4, -0.2) is 49.7 Å². The van der Waals surface area contributed by atoms with Crippen molar-refractivity contribution in [3.05, 3.63) is 35.9 Å². The second-order valence-electron chi connectivity index (χ2n) is 7.09. The number of carbonyl (C=O) groups is 1. The molecule has 4 nitrogen and oxygen atoms in total. The molecule has 0 radical (unpaired) electrons. The van der Waals surface area contributed by atoms with Gasteiger partial charge in [0.05, 0.1) is 6.10 Å². The predicted molar refractivity (Wildman–Crippen MR) is 95.9 cm³/mol. The Hall–Kier alpha value is -1.39. The van der Waals surface area contributed by atoms with Crippen molar-refractivity contribution in [2.24, 2.45) is 5.92 Å². The van der Waals surface area contributed by atoms with Gasteiger partial charge in [0.1, 0.15) is 0 Å². The summed E-state index contributed by atoms with van der Waals surface area (Å²) in [7, 11) is 0. The van der Waals surface area contributed by atoms with Crippen LogP contribution in [0.4, 0.5) is 0 Å². The first-order chi connectivity index (χ1) is 11.8. The van der Waals surface area contributed by atoms with E-state index >= 15 is 0 Å². The number of hydrogen-bond acceptors (Lipinski definition) is 3. The van der Waals surface area contributed by atoms with Crippen LogP contribution in [0.5, 0.6) is 0 Å². The molecule has 1 atom stereocenters. The van der Waals surface area contributed by atoms with Gasteiger partial charge in [-0.2, -0.15) is 0 Å². The third-order valence-electron chi connectivity index (χ3n) is 5.25. The molecular weight excluding hydrogens is 300 g/mol. The Bertz CT molecular complexity index is 492. The average molecular weight is 330 g/mol. The van der Waals surface area contributed by atoms with E-state index in [9.17, 15) is 4.79 Å². The smallest absolute Gasteiger partial charge is 0.223 e. The highest BCUT2D eigenvalue weighted by atomic mass is 16.5. The zero-order valence-corrected chi connectivity index (χ0v) is 14.6. The molecule has 2 aliphatic rings. The van der Waals surface area contributed by atoms with Gasteiger partial charge < -0.3 is 15.0 Å². The molecule has 132 valence electrons. The minimum Gasteiger partial charge on any atom is -0.377 e. The van der Waals surface area contributed by atoms with Gasteiger partial charge in [-0.05, 0) is 57.2 Å². The lowest BCUT2D eigenvalue weighted by atomic mass is 9.95. The summed E-state index contributed by atoms with van der Waals surface area (Å²) in [6.45, 7) is 4.75. The van der Waals surface area contributed by atoms with Crippen LogP contribution in [0.1, 0.15) is 37.7 Å². The van der Waals surface area contributed by atoms with Crippen molar-refractivity contribution in [3.63, 3.8) is 0 Å². The van der Waals surface area contributed by atoms with E-state index in [-0.39, 0.29) is 11.8 Å². The summed E-state index contributed by atoms with van der Waals surface area (Å²) in [5, 5.41) is 3.11. The highest BCUT2D eigenvalue weighted by molar-refractivity contribution is 5.78. The average Bonchev–Trinajstić information content (AvgIpc) is 2.64. The lowest BCUT2D eigenvalue weighted by Gasteiger charge is -2.34. The minimum atomic E-state index is 0.185. The van der Waals surface area contributed by atoms with Crippen LogP contribution in [0.3, 0.4) is 0 Å². The number of piperidine rings is 1. The molecule has 3 rings (SSSR count). The maximum absolute atomic E-state index is 12.3. The zero-order chi connectivity index (χ0) is 16.6. The Morgan fingerprint density at radius 2 is 1.92 bits per heavy atom. The minimum absolute atomic E-state index is 0.185. The van der Waals surface area contributed by atoms with E-state index in [1.54, 1.807) is 0 Å². The molecular formula is C20H30N2O2. The van der Waals surface area contributed by atoms with Crippen LogP contribution < -0.4 is 5.32 Å². The molecule has 4 heteroatoms. The van der Waals surface area contributed by atoms with Crippen molar-refractivity contribution in [2.75, 3.05) is 32.8 Å². The van der Waals surface area contributed by atoms with Gasteiger partial charge in [-0.25, -0.2) is 0 Å². The lowest BCUT2D eigenvalue weighted by Crippen LogP contribution is -2.44. The number of ether oxygens (including phenoxy) is 1. The predicted octanol–water partition coefficient (Wildman–Crippen LogP) is 2.63. The van der Waals surface area contributed by atoms with Gasteiger partial charge in [-0.1, -0.05) is 30.3 Å². The second kappa shape index (κ2) is 9.19. The zero-order valence-electron chi connectivity index (χ0n) is 14.6. The SMILES string of the molecule is O=C(NCCc1ccccc1)C1CCN(CC2CCCCO2)CC1. The quantitative estimate of drug-likeness (QED) is 0.872. The van der Waals surface area contributed by atoms with Crippen molar-refractivity contribution in [1.82, 2.24) is 10.2 Å². The van der Waals surface area contributed by atoms with Gasteiger partial charge in [0.2, 0.25) is 5.91 Å². The summed E-state index contributed by atoms with van der Waals surface area (Å²) in [5.74, 6) is 0.420. The van der Waals surface area contributed by atoms with Crippen LogP contribution in [0.15, 0.2) is 30.3 Å². The number of nitrogens with zero attached hydrogens (tertiary/aromatic N) is 1. The van der Waals surface area contributed by atoms with Crippen LogP contribution in [-0.2, 0) is 16.0 Å². The standard InChI is InChI=1S/C20H30N2O2/c23-20(21-12-9-17-6-2-1-3-7-17)18-10-13-22(14-11-18)16-19-8-4-5-15-24-19/h1-3,6-7,18-19H,4-5,8-16H2,(H,21,23). The lowest BCUT2D eigenvalue weighted by molar-refractivity contribution is -0.126. The van der Waals surface area contributed by atoms with E-state index in [4.69, 9.17) is 4.74 Å². The molecule has 1 unspecified atom stereocenters. The summed E-state index contributed by atoms with van der Waals surface area (Å²) >= 11 is 0. The third-order valence-corrected chi connectivity index (χ3v) is 5.25. The largest absolute Gasteiger partial charge is 0.377 e. The number of nitrogens with one attached hydrogen (secondary N) is 1. The first kappa shape index (κ1) is 17.4.